The molecular formula is C13H14ClNO4. The van der Waals surface area contributed by atoms with Crippen molar-refractivity contribution in [3.8, 4) is 5.75 Å². The van der Waals surface area contributed by atoms with Crippen molar-refractivity contribution in [3.05, 3.63) is 29.3 Å². The van der Waals surface area contributed by atoms with Crippen molar-refractivity contribution >= 4 is 23.5 Å². The summed E-state index contributed by atoms with van der Waals surface area (Å²) in [5.74, 6) is -0.357. The van der Waals surface area contributed by atoms with Gasteiger partial charge >= 0.3 is 5.97 Å². The lowest BCUT2D eigenvalue weighted by Gasteiger charge is -2.38. The number of hydrogen-bond acceptors (Lipinski definition) is 3. The predicted molar refractivity (Wildman–Crippen MR) is 69.3 cm³/mol. The molecule has 1 aliphatic heterocycles. The Labute approximate surface area is 115 Å². The lowest BCUT2D eigenvalue weighted by molar-refractivity contribution is -0.146. The molecule has 1 aromatic carbocycles. The zero-order valence-corrected chi connectivity index (χ0v) is 11.0. The Morgan fingerprint density at radius 1 is 1.42 bits per heavy atom. The number of carbonyl (C=O) groups excluding carboxylic acids is 1. The zero-order chi connectivity index (χ0) is 13.8. The minimum Gasteiger partial charge on any atom is -0.484 e. The Bertz CT molecular complexity index is 485. The van der Waals surface area contributed by atoms with E-state index in [4.69, 9.17) is 21.4 Å². The van der Waals surface area contributed by atoms with E-state index < -0.39 is 5.97 Å². The molecule has 19 heavy (non-hydrogen) atoms. The van der Waals surface area contributed by atoms with Gasteiger partial charge < -0.3 is 14.7 Å². The molecule has 1 heterocycles. The van der Waals surface area contributed by atoms with Crippen LogP contribution in [0.25, 0.3) is 0 Å². The first kappa shape index (κ1) is 13.7. The average molecular weight is 284 g/mol. The lowest BCUT2D eigenvalue weighted by Crippen LogP contribution is -2.52. The second-order valence-corrected chi connectivity index (χ2v) is 4.95. The van der Waals surface area contributed by atoms with Crippen LogP contribution in [0.2, 0.25) is 5.02 Å². The molecule has 5 nitrogen and oxygen atoms in total. The van der Waals surface area contributed by atoms with E-state index >= 15 is 0 Å². The molecule has 1 amide bonds. The van der Waals surface area contributed by atoms with Crippen LogP contribution in [0.3, 0.4) is 0 Å². The van der Waals surface area contributed by atoms with Gasteiger partial charge in [-0.05, 0) is 18.2 Å². The fourth-order valence-corrected chi connectivity index (χ4v) is 2.12. The van der Waals surface area contributed by atoms with Crippen molar-refractivity contribution in [1.29, 1.82) is 0 Å². The molecule has 0 aliphatic carbocycles. The molecule has 0 saturated carbocycles. The standard InChI is InChI=1S/C13H14ClNO4/c14-10-2-1-3-11(5-10)19-8-12(16)15-6-9(7-15)4-13(17)18/h1-3,5,9H,4,6-8H2,(H,17,18). The van der Waals surface area contributed by atoms with E-state index in [9.17, 15) is 9.59 Å². The van der Waals surface area contributed by atoms with Crippen LogP contribution in [0.4, 0.5) is 0 Å². The van der Waals surface area contributed by atoms with Gasteiger partial charge in [0.15, 0.2) is 6.61 Å². The van der Waals surface area contributed by atoms with Gasteiger partial charge in [-0.3, -0.25) is 9.59 Å². The fourth-order valence-electron chi connectivity index (χ4n) is 1.94. The number of aliphatic carboxylic acids is 1. The normalized spacial score (nSPS) is 14.9. The molecule has 0 radical (unpaired) electrons. The van der Waals surface area contributed by atoms with Crippen LogP contribution in [0.5, 0.6) is 5.75 Å². The molecule has 102 valence electrons. The number of rotatable bonds is 5. The Morgan fingerprint density at radius 3 is 2.79 bits per heavy atom. The maximum absolute atomic E-state index is 11.7. The summed E-state index contributed by atoms with van der Waals surface area (Å²) in [6, 6.07) is 6.83. The quantitative estimate of drug-likeness (QED) is 0.892. The fraction of sp³-hybridized carbons (Fsp3) is 0.385. The van der Waals surface area contributed by atoms with Crippen molar-refractivity contribution < 1.29 is 19.4 Å². The van der Waals surface area contributed by atoms with E-state index in [0.717, 1.165) is 0 Å². The van der Waals surface area contributed by atoms with Crippen molar-refractivity contribution in [3.63, 3.8) is 0 Å². The lowest BCUT2D eigenvalue weighted by atomic mass is 9.96. The van der Waals surface area contributed by atoms with E-state index in [1.807, 2.05) is 0 Å². The highest BCUT2D eigenvalue weighted by Crippen LogP contribution is 2.20. The largest absolute Gasteiger partial charge is 0.484 e. The molecule has 1 aliphatic rings. The smallest absolute Gasteiger partial charge is 0.303 e. The van der Waals surface area contributed by atoms with Gasteiger partial charge in [0.1, 0.15) is 5.75 Å². The van der Waals surface area contributed by atoms with E-state index in [-0.39, 0.29) is 24.9 Å². The summed E-state index contributed by atoms with van der Waals surface area (Å²) in [4.78, 5) is 23.8. The van der Waals surface area contributed by atoms with Crippen molar-refractivity contribution in [2.45, 2.75) is 6.42 Å². The number of nitrogens with zero attached hydrogens (tertiary/aromatic N) is 1. The van der Waals surface area contributed by atoms with E-state index in [2.05, 4.69) is 0 Å². The van der Waals surface area contributed by atoms with Gasteiger partial charge in [0.25, 0.3) is 5.91 Å². The molecule has 0 spiro atoms. The van der Waals surface area contributed by atoms with Crippen LogP contribution < -0.4 is 4.74 Å². The number of carbonyl (C=O) groups is 2. The molecule has 1 aromatic rings. The monoisotopic (exact) mass is 283 g/mol. The average Bonchev–Trinajstić information content (AvgIpc) is 2.30. The molecule has 1 fully saturated rings. The van der Waals surface area contributed by atoms with E-state index in [1.54, 1.807) is 29.2 Å². The highest BCUT2D eigenvalue weighted by Gasteiger charge is 2.31. The maximum atomic E-state index is 11.7. The summed E-state index contributed by atoms with van der Waals surface area (Å²) in [6.07, 6.45) is 0.110. The van der Waals surface area contributed by atoms with E-state index in [1.165, 1.54) is 0 Å². The van der Waals surface area contributed by atoms with Gasteiger partial charge in [0, 0.05) is 24.0 Å². The first-order chi connectivity index (χ1) is 9.04. The predicted octanol–water partition coefficient (Wildman–Crippen LogP) is 1.65. The first-order valence-corrected chi connectivity index (χ1v) is 6.30. The summed E-state index contributed by atoms with van der Waals surface area (Å²) in [6.45, 7) is 0.925. The Morgan fingerprint density at radius 2 is 2.16 bits per heavy atom. The van der Waals surface area contributed by atoms with Crippen LogP contribution in [0.1, 0.15) is 6.42 Å². The minimum absolute atomic E-state index is 0.0554. The van der Waals surface area contributed by atoms with Crippen molar-refractivity contribution in [2.24, 2.45) is 5.92 Å². The van der Waals surface area contributed by atoms with Crippen LogP contribution in [0, 0.1) is 5.92 Å². The van der Waals surface area contributed by atoms with Crippen molar-refractivity contribution in [2.75, 3.05) is 19.7 Å². The Hall–Kier alpha value is -1.75. The van der Waals surface area contributed by atoms with Gasteiger partial charge in [-0.15, -0.1) is 0 Å². The van der Waals surface area contributed by atoms with Crippen LogP contribution in [-0.4, -0.2) is 41.6 Å². The molecular weight excluding hydrogens is 270 g/mol. The number of amides is 1. The third-order valence-corrected chi connectivity index (χ3v) is 3.17. The number of carboxylic acids is 1. The molecule has 0 aromatic heterocycles. The van der Waals surface area contributed by atoms with Crippen LogP contribution in [-0.2, 0) is 9.59 Å². The van der Waals surface area contributed by atoms with Gasteiger partial charge in [-0.1, -0.05) is 17.7 Å². The third-order valence-electron chi connectivity index (χ3n) is 2.93. The second-order valence-electron chi connectivity index (χ2n) is 4.51. The summed E-state index contributed by atoms with van der Waals surface area (Å²) in [5.41, 5.74) is 0. The number of benzene rings is 1. The van der Waals surface area contributed by atoms with Gasteiger partial charge in [-0.2, -0.15) is 0 Å². The Balaban J connectivity index is 1.73. The number of ether oxygens (including phenoxy) is 1. The molecule has 1 N–H and O–H groups in total. The minimum atomic E-state index is -0.827. The molecule has 0 atom stereocenters. The summed E-state index contributed by atoms with van der Waals surface area (Å²) in [5, 5.41) is 9.16. The highest BCUT2D eigenvalue weighted by atomic mass is 35.5. The molecule has 0 bridgehead atoms. The number of carboxylic acid groups (broad SMARTS) is 1. The summed E-state index contributed by atoms with van der Waals surface area (Å²) >= 11 is 5.80. The number of likely N-dealkylation sites (tertiary alicyclic amines) is 1. The second kappa shape index (κ2) is 5.93. The maximum Gasteiger partial charge on any atom is 0.303 e. The third kappa shape index (κ3) is 3.86. The van der Waals surface area contributed by atoms with Crippen LogP contribution >= 0.6 is 11.6 Å². The Kier molecular flexibility index (Phi) is 4.27. The molecule has 6 heteroatoms. The number of hydrogen-bond donors (Lipinski definition) is 1. The molecule has 0 unspecified atom stereocenters. The van der Waals surface area contributed by atoms with Crippen LogP contribution in [0.15, 0.2) is 24.3 Å². The van der Waals surface area contributed by atoms with E-state index in [0.29, 0.717) is 23.9 Å². The molecule has 2 rings (SSSR count). The number of halogens is 1. The first-order valence-electron chi connectivity index (χ1n) is 5.92. The van der Waals surface area contributed by atoms with Gasteiger partial charge in [-0.25, -0.2) is 0 Å². The highest BCUT2D eigenvalue weighted by molar-refractivity contribution is 6.30. The van der Waals surface area contributed by atoms with Gasteiger partial charge in [0.05, 0.1) is 6.42 Å². The summed E-state index contributed by atoms with van der Waals surface area (Å²) < 4.78 is 5.33. The summed E-state index contributed by atoms with van der Waals surface area (Å²) in [7, 11) is 0. The molecule has 1 saturated heterocycles. The topological polar surface area (TPSA) is 66.8 Å². The zero-order valence-electron chi connectivity index (χ0n) is 10.2. The SMILES string of the molecule is O=C(O)CC1CN(C(=O)COc2cccc(Cl)c2)C1. The van der Waals surface area contributed by atoms with Crippen molar-refractivity contribution in [1.82, 2.24) is 4.90 Å². The van der Waals surface area contributed by atoms with Gasteiger partial charge in [0.2, 0.25) is 0 Å².